The van der Waals surface area contributed by atoms with Crippen LogP contribution in [0, 0.1) is 29.1 Å². The van der Waals surface area contributed by atoms with Gasteiger partial charge in [-0.2, -0.15) is 5.26 Å². The molecule has 0 amide bonds. The molecule has 0 radical (unpaired) electrons. The van der Waals surface area contributed by atoms with Crippen LogP contribution in [0.1, 0.15) is 63.5 Å². The topological polar surface area (TPSA) is 47.3 Å². The Morgan fingerprint density at radius 2 is 2.15 bits per heavy atom. The number of rotatable bonds is 8. The van der Waals surface area contributed by atoms with Gasteiger partial charge in [0.15, 0.2) is 0 Å². The third kappa shape index (κ3) is 5.32. The molecule has 1 aromatic rings. The molecule has 0 bridgehead atoms. The van der Waals surface area contributed by atoms with Crippen LogP contribution >= 0.6 is 0 Å². The molecule has 0 heterocycles. The molecule has 1 unspecified atom stereocenters. The lowest BCUT2D eigenvalue weighted by molar-refractivity contribution is 0.0134. The molecular formula is C23H33FN2O. The van der Waals surface area contributed by atoms with E-state index in [1.54, 1.807) is 0 Å². The van der Waals surface area contributed by atoms with Gasteiger partial charge in [0, 0.05) is 30.5 Å². The summed E-state index contributed by atoms with van der Waals surface area (Å²) in [5, 5.41) is 19.1. The standard InChI is InChI=1S/C23H33FN2O/c1-4-5-6-12-26(21-13-20(14-25)9-8-19(21)2)17-23(16-24)11-7-10-22(3,15-23)18-27/h6,8-9,12-13,27H,4-5,7,10-11,15-18H2,1-3H3/b12-6+/t22-,23?/m0/s1. The molecule has 1 aliphatic carbocycles. The first-order chi connectivity index (χ1) is 12.9. The number of anilines is 1. The highest BCUT2D eigenvalue weighted by molar-refractivity contribution is 5.59. The van der Waals surface area contributed by atoms with Gasteiger partial charge < -0.3 is 10.0 Å². The zero-order valence-electron chi connectivity index (χ0n) is 17.0. The lowest BCUT2D eigenvalue weighted by atomic mass is 9.63. The Hall–Kier alpha value is -1.86. The van der Waals surface area contributed by atoms with Gasteiger partial charge in [0.25, 0.3) is 0 Å². The molecule has 2 rings (SSSR count). The van der Waals surface area contributed by atoms with E-state index in [-0.39, 0.29) is 12.0 Å². The Morgan fingerprint density at radius 1 is 1.37 bits per heavy atom. The smallest absolute Gasteiger partial charge is 0.0992 e. The summed E-state index contributed by atoms with van der Waals surface area (Å²) in [5.41, 5.74) is 1.96. The fraction of sp³-hybridized carbons (Fsp3) is 0.609. The first kappa shape index (κ1) is 21.4. The molecule has 1 fully saturated rings. The minimum Gasteiger partial charge on any atom is -0.396 e. The highest BCUT2D eigenvalue weighted by Gasteiger charge is 2.43. The molecule has 1 N–H and O–H groups in total. The minimum atomic E-state index is -0.471. The van der Waals surface area contributed by atoms with Crippen LogP contribution in [0.4, 0.5) is 10.1 Å². The van der Waals surface area contributed by atoms with Gasteiger partial charge in [-0.25, -0.2) is 0 Å². The molecule has 0 spiro atoms. The molecule has 1 aliphatic rings. The third-order valence-electron chi connectivity index (χ3n) is 5.85. The van der Waals surface area contributed by atoms with Crippen molar-refractivity contribution in [3.8, 4) is 6.07 Å². The highest BCUT2D eigenvalue weighted by Crippen LogP contribution is 2.47. The van der Waals surface area contributed by atoms with Crippen LogP contribution in [0.15, 0.2) is 30.5 Å². The fourth-order valence-corrected chi connectivity index (χ4v) is 4.33. The summed E-state index contributed by atoms with van der Waals surface area (Å²) in [6.45, 7) is 6.50. The molecule has 1 saturated carbocycles. The molecule has 0 aliphatic heterocycles. The van der Waals surface area contributed by atoms with Crippen LogP contribution < -0.4 is 4.90 Å². The maximum absolute atomic E-state index is 14.3. The van der Waals surface area contributed by atoms with Gasteiger partial charge in [-0.3, -0.25) is 4.39 Å². The van der Waals surface area contributed by atoms with Crippen LogP contribution in [0.3, 0.4) is 0 Å². The first-order valence-corrected chi connectivity index (χ1v) is 10.0. The second-order valence-electron chi connectivity index (χ2n) is 8.55. The van der Waals surface area contributed by atoms with Crippen molar-refractivity contribution in [3.63, 3.8) is 0 Å². The normalized spacial score (nSPS) is 25.5. The highest BCUT2D eigenvalue weighted by atomic mass is 19.1. The monoisotopic (exact) mass is 372 g/mol. The van der Waals surface area contributed by atoms with Crippen LogP contribution in [0.25, 0.3) is 0 Å². The van der Waals surface area contributed by atoms with Gasteiger partial charge >= 0.3 is 0 Å². The van der Waals surface area contributed by atoms with Crippen molar-refractivity contribution >= 4 is 5.69 Å². The molecule has 27 heavy (non-hydrogen) atoms. The van der Waals surface area contributed by atoms with Crippen molar-refractivity contribution < 1.29 is 9.50 Å². The zero-order chi connectivity index (χ0) is 19.9. The van der Waals surface area contributed by atoms with Gasteiger partial charge in [0.2, 0.25) is 0 Å². The average molecular weight is 373 g/mol. The maximum atomic E-state index is 14.3. The summed E-state index contributed by atoms with van der Waals surface area (Å²) < 4.78 is 14.3. The Balaban J connectivity index is 2.38. The SMILES string of the molecule is CCC/C=C/N(CC1(CF)CCC[C@](C)(CO)C1)c1cc(C#N)ccc1C. The molecular weight excluding hydrogens is 339 g/mol. The Kier molecular flexibility index (Phi) is 7.44. The molecule has 1 aromatic carbocycles. The number of nitriles is 1. The van der Waals surface area contributed by atoms with E-state index in [2.05, 4.69) is 37.1 Å². The van der Waals surface area contributed by atoms with Crippen molar-refractivity contribution in [1.29, 1.82) is 5.26 Å². The zero-order valence-corrected chi connectivity index (χ0v) is 17.0. The second-order valence-corrected chi connectivity index (χ2v) is 8.55. The molecule has 2 atom stereocenters. The number of aliphatic hydroxyl groups is 1. The van der Waals surface area contributed by atoms with Crippen molar-refractivity contribution in [1.82, 2.24) is 0 Å². The number of aliphatic hydroxyl groups excluding tert-OH is 1. The Labute approximate surface area is 163 Å². The largest absolute Gasteiger partial charge is 0.396 e. The minimum absolute atomic E-state index is 0.101. The number of unbranched alkanes of at least 4 members (excludes halogenated alkanes) is 1. The summed E-state index contributed by atoms with van der Waals surface area (Å²) in [7, 11) is 0. The number of alkyl halides is 1. The quantitative estimate of drug-likeness (QED) is 0.654. The van der Waals surface area contributed by atoms with E-state index in [9.17, 15) is 14.8 Å². The number of aryl methyl sites for hydroxylation is 1. The predicted octanol–water partition coefficient (Wildman–Crippen LogP) is 5.52. The van der Waals surface area contributed by atoms with Gasteiger partial charge in [-0.15, -0.1) is 0 Å². The maximum Gasteiger partial charge on any atom is 0.0992 e. The van der Waals surface area contributed by atoms with Crippen LogP contribution in [0.5, 0.6) is 0 Å². The van der Waals surface area contributed by atoms with E-state index in [1.165, 1.54) is 0 Å². The van der Waals surface area contributed by atoms with Gasteiger partial charge in [0.1, 0.15) is 0 Å². The summed E-state index contributed by atoms with van der Waals surface area (Å²) >= 11 is 0. The number of allylic oxidation sites excluding steroid dienone is 1. The van der Waals surface area contributed by atoms with Crippen LogP contribution in [0.2, 0.25) is 0 Å². The van der Waals surface area contributed by atoms with E-state index < -0.39 is 12.1 Å². The molecule has 0 saturated heterocycles. The van der Waals surface area contributed by atoms with E-state index in [0.29, 0.717) is 18.5 Å². The summed E-state index contributed by atoms with van der Waals surface area (Å²) in [6.07, 6.45) is 9.58. The summed E-state index contributed by atoms with van der Waals surface area (Å²) in [5.74, 6) is 0. The van der Waals surface area contributed by atoms with Crippen molar-refractivity contribution in [2.75, 3.05) is 24.7 Å². The Bertz CT molecular complexity index is 696. The number of benzene rings is 1. The number of nitrogens with zero attached hydrogens (tertiary/aromatic N) is 2. The van der Waals surface area contributed by atoms with E-state index in [0.717, 1.165) is 43.4 Å². The third-order valence-corrected chi connectivity index (χ3v) is 5.85. The molecule has 4 heteroatoms. The van der Waals surface area contributed by atoms with Crippen molar-refractivity contribution in [2.45, 2.75) is 59.3 Å². The summed E-state index contributed by atoms with van der Waals surface area (Å²) in [4.78, 5) is 2.12. The average Bonchev–Trinajstić information content (AvgIpc) is 2.68. The molecule has 148 valence electrons. The first-order valence-electron chi connectivity index (χ1n) is 10.0. The van der Waals surface area contributed by atoms with E-state index in [4.69, 9.17) is 0 Å². The fourth-order valence-electron chi connectivity index (χ4n) is 4.33. The van der Waals surface area contributed by atoms with Crippen molar-refractivity contribution in [2.24, 2.45) is 10.8 Å². The Morgan fingerprint density at radius 3 is 2.78 bits per heavy atom. The summed E-state index contributed by atoms with van der Waals surface area (Å²) in [6, 6.07) is 7.88. The molecule has 3 nitrogen and oxygen atoms in total. The lowest BCUT2D eigenvalue weighted by Gasteiger charge is -2.46. The van der Waals surface area contributed by atoms with Crippen molar-refractivity contribution in [3.05, 3.63) is 41.6 Å². The van der Waals surface area contributed by atoms with Crippen LogP contribution in [-0.2, 0) is 0 Å². The van der Waals surface area contributed by atoms with Gasteiger partial charge in [-0.1, -0.05) is 38.8 Å². The lowest BCUT2D eigenvalue weighted by Crippen LogP contribution is -2.45. The van der Waals surface area contributed by atoms with Gasteiger partial charge in [0.05, 0.1) is 18.3 Å². The number of hydrogen-bond acceptors (Lipinski definition) is 3. The predicted molar refractivity (Wildman–Crippen MR) is 109 cm³/mol. The van der Waals surface area contributed by atoms with Gasteiger partial charge in [-0.05, 0) is 55.7 Å². The van der Waals surface area contributed by atoms with E-state index in [1.807, 2.05) is 25.1 Å². The van der Waals surface area contributed by atoms with E-state index >= 15 is 0 Å². The number of hydrogen-bond donors (Lipinski definition) is 1. The number of halogens is 1. The molecule has 0 aromatic heterocycles. The van der Waals surface area contributed by atoms with Crippen LogP contribution in [-0.4, -0.2) is 24.9 Å². The second kappa shape index (κ2) is 9.37.